The molecule has 6 heteroatoms. The predicted octanol–water partition coefficient (Wildman–Crippen LogP) is 3.09. The molecule has 2 heterocycles. The molecule has 138 valence electrons. The fourth-order valence-electron chi connectivity index (χ4n) is 3.16. The molecule has 3 N–H and O–H groups in total. The van der Waals surface area contributed by atoms with Crippen molar-refractivity contribution in [2.45, 2.75) is 26.7 Å². The van der Waals surface area contributed by atoms with Gasteiger partial charge in [-0.2, -0.15) is 0 Å². The maximum absolute atomic E-state index is 5.29. The average molecular weight is 456 g/mol. The normalized spacial score (nSPS) is 16.2. The van der Waals surface area contributed by atoms with Crippen molar-refractivity contribution in [2.24, 2.45) is 10.4 Å². The second kappa shape index (κ2) is 8.89. The first-order valence-electron chi connectivity index (χ1n) is 8.75. The number of halogens is 1. The van der Waals surface area contributed by atoms with E-state index < -0.39 is 0 Å². The van der Waals surface area contributed by atoms with Crippen molar-refractivity contribution in [3.63, 3.8) is 0 Å². The van der Waals surface area contributed by atoms with Crippen molar-refractivity contribution in [1.29, 1.82) is 0 Å². The van der Waals surface area contributed by atoms with E-state index in [0.717, 1.165) is 45.1 Å². The summed E-state index contributed by atoms with van der Waals surface area (Å²) in [4.78, 5) is 7.74. The Bertz CT molecular complexity index is 721. The van der Waals surface area contributed by atoms with E-state index in [-0.39, 0.29) is 29.4 Å². The van der Waals surface area contributed by atoms with Gasteiger partial charge in [0.2, 0.25) is 0 Å². The molecule has 5 nitrogen and oxygen atoms in total. The minimum Gasteiger partial charge on any atom is -0.380 e. The number of aromatic nitrogens is 1. The average Bonchev–Trinajstić information content (AvgIpc) is 2.99. The van der Waals surface area contributed by atoms with Crippen LogP contribution in [0.3, 0.4) is 0 Å². The number of guanidine groups is 1. The number of aromatic amines is 1. The number of para-hydroxylation sites is 1. The lowest BCUT2D eigenvalue weighted by atomic mass is 9.89. The molecule has 1 aromatic carbocycles. The Balaban J connectivity index is 0.00000225. The van der Waals surface area contributed by atoms with Gasteiger partial charge < -0.3 is 20.4 Å². The lowest BCUT2D eigenvalue weighted by Crippen LogP contribution is -2.51. The number of hydrogen-bond donors (Lipinski definition) is 3. The molecule has 1 aliphatic rings. The largest absolute Gasteiger partial charge is 0.380 e. The van der Waals surface area contributed by atoms with Crippen LogP contribution in [0.4, 0.5) is 0 Å². The van der Waals surface area contributed by atoms with Crippen molar-refractivity contribution >= 4 is 40.8 Å². The van der Waals surface area contributed by atoms with E-state index in [4.69, 9.17) is 4.74 Å². The van der Waals surface area contributed by atoms with Gasteiger partial charge in [-0.3, -0.25) is 4.99 Å². The zero-order chi connectivity index (χ0) is 17.0. The molecule has 0 atom stereocenters. The fourth-order valence-corrected chi connectivity index (χ4v) is 3.16. The maximum atomic E-state index is 5.29. The van der Waals surface area contributed by atoms with Crippen LogP contribution < -0.4 is 10.6 Å². The number of ether oxygens (including phenoxy) is 1. The summed E-state index contributed by atoms with van der Waals surface area (Å²) in [6, 6.07) is 6.54. The number of aliphatic imine (C=N–C) groups is 1. The van der Waals surface area contributed by atoms with Crippen LogP contribution in [-0.4, -0.2) is 44.3 Å². The summed E-state index contributed by atoms with van der Waals surface area (Å²) in [5.41, 5.74) is 4.24. The molecule has 0 radical (unpaired) electrons. The number of nitrogens with one attached hydrogen (secondary N) is 3. The highest BCUT2D eigenvalue weighted by atomic mass is 127. The number of rotatable bonds is 6. The summed E-state index contributed by atoms with van der Waals surface area (Å²) in [5.74, 6) is 0.859. The molecule has 0 spiro atoms. The molecule has 1 fully saturated rings. The Morgan fingerprint density at radius 3 is 2.72 bits per heavy atom. The van der Waals surface area contributed by atoms with E-state index in [0.29, 0.717) is 0 Å². The Morgan fingerprint density at radius 1 is 1.28 bits per heavy atom. The Labute approximate surface area is 167 Å². The SMILES string of the molecule is CCc1cccc2c(CCNC(=NC)NCC3(C)COC3)c[nH]c12.I. The van der Waals surface area contributed by atoms with E-state index in [1.54, 1.807) is 0 Å². The number of nitrogens with zero attached hydrogens (tertiary/aromatic N) is 1. The van der Waals surface area contributed by atoms with Gasteiger partial charge in [0.05, 0.1) is 13.2 Å². The smallest absolute Gasteiger partial charge is 0.191 e. The number of aryl methyl sites for hydroxylation is 1. The highest BCUT2D eigenvalue weighted by Gasteiger charge is 2.33. The van der Waals surface area contributed by atoms with Crippen LogP contribution >= 0.6 is 24.0 Å². The lowest BCUT2D eigenvalue weighted by Gasteiger charge is -2.38. The summed E-state index contributed by atoms with van der Waals surface area (Å²) in [7, 11) is 1.81. The minimum absolute atomic E-state index is 0. The van der Waals surface area contributed by atoms with E-state index in [1.807, 2.05) is 7.05 Å². The first-order chi connectivity index (χ1) is 11.6. The Hall–Kier alpha value is -1.28. The summed E-state index contributed by atoms with van der Waals surface area (Å²) in [6.45, 7) is 7.82. The standard InChI is InChI=1S/C19H28N4O.HI/c1-4-14-6-5-7-16-15(10-22-17(14)16)8-9-21-18(20-3)23-11-19(2)12-24-13-19;/h5-7,10,22H,4,8-9,11-13H2,1-3H3,(H2,20,21,23);1H. The molecule has 2 aromatic rings. The van der Waals surface area contributed by atoms with E-state index in [9.17, 15) is 0 Å². The van der Waals surface area contributed by atoms with Crippen LogP contribution in [0.25, 0.3) is 10.9 Å². The first kappa shape index (κ1) is 20.0. The van der Waals surface area contributed by atoms with E-state index in [2.05, 4.69) is 58.9 Å². The second-order valence-corrected chi connectivity index (χ2v) is 6.91. The number of H-pyrrole nitrogens is 1. The Morgan fingerprint density at radius 2 is 2.08 bits per heavy atom. The molecule has 0 bridgehead atoms. The maximum Gasteiger partial charge on any atom is 0.191 e. The number of hydrogen-bond acceptors (Lipinski definition) is 2. The highest BCUT2D eigenvalue weighted by Crippen LogP contribution is 2.25. The van der Waals surface area contributed by atoms with Crippen molar-refractivity contribution in [1.82, 2.24) is 15.6 Å². The second-order valence-electron chi connectivity index (χ2n) is 6.91. The van der Waals surface area contributed by atoms with Crippen LogP contribution in [0.5, 0.6) is 0 Å². The molecule has 0 saturated carbocycles. The Kier molecular flexibility index (Phi) is 7.13. The lowest BCUT2D eigenvalue weighted by molar-refractivity contribution is -0.0971. The summed E-state index contributed by atoms with van der Waals surface area (Å²) >= 11 is 0. The highest BCUT2D eigenvalue weighted by molar-refractivity contribution is 14.0. The molecule has 1 aliphatic heterocycles. The van der Waals surface area contributed by atoms with Crippen LogP contribution in [0.1, 0.15) is 25.0 Å². The van der Waals surface area contributed by atoms with Gasteiger partial charge in [-0.25, -0.2) is 0 Å². The molecule has 0 aliphatic carbocycles. The van der Waals surface area contributed by atoms with Gasteiger partial charge in [-0.1, -0.05) is 32.0 Å². The zero-order valence-electron chi connectivity index (χ0n) is 15.3. The monoisotopic (exact) mass is 456 g/mol. The number of fused-ring (bicyclic) bond motifs is 1. The van der Waals surface area contributed by atoms with Gasteiger partial charge in [0.1, 0.15) is 0 Å². The van der Waals surface area contributed by atoms with Crippen LogP contribution in [0, 0.1) is 5.41 Å². The van der Waals surface area contributed by atoms with Gasteiger partial charge in [0, 0.05) is 42.7 Å². The number of benzene rings is 1. The topological polar surface area (TPSA) is 61.4 Å². The molecule has 1 saturated heterocycles. The zero-order valence-corrected chi connectivity index (χ0v) is 17.6. The van der Waals surface area contributed by atoms with Crippen LogP contribution in [0.15, 0.2) is 29.4 Å². The summed E-state index contributed by atoms with van der Waals surface area (Å²) < 4.78 is 5.29. The first-order valence-corrected chi connectivity index (χ1v) is 8.75. The fraction of sp³-hybridized carbons (Fsp3) is 0.526. The molecular formula is C19H29IN4O. The van der Waals surface area contributed by atoms with Crippen molar-refractivity contribution < 1.29 is 4.74 Å². The van der Waals surface area contributed by atoms with E-state index in [1.165, 1.54) is 22.0 Å². The molecular weight excluding hydrogens is 427 g/mol. The van der Waals surface area contributed by atoms with Crippen molar-refractivity contribution in [3.05, 3.63) is 35.5 Å². The van der Waals surface area contributed by atoms with Crippen molar-refractivity contribution in [2.75, 3.05) is 33.4 Å². The predicted molar refractivity (Wildman–Crippen MR) is 115 cm³/mol. The van der Waals surface area contributed by atoms with Gasteiger partial charge in [-0.15, -0.1) is 24.0 Å². The van der Waals surface area contributed by atoms with E-state index >= 15 is 0 Å². The van der Waals surface area contributed by atoms with Gasteiger partial charge >= 0.3 is 0 Å². The van der Waals surface area contributed by atoms with Gasteiger partial charge in [0.25, 0.3) is 0 Å². The summed E-state index contributed by atoms with van der Waals surface area (Å²) in [6.07, 6.45) is 4.15. The third-order valence-corrected chi connectivity index (χ3v) is 4.76. The van der Waals surface area contributed by atoms with Crippen LogP contribution in [-0.2, 0) is 17.6 Å². The third kappa shape index (κ3) is 4.67. The third-order valence-electron chi connectivity index (χ3n) is 4.76. The molecule has 0 amide bonds. The van der Waals surface area contributed by atoms with Gasteiger partial charge in [-0.05, 0) is 24.0 Å². The minimum atomic E-state index is 0. The van der Waals surface area contributed by atoms with Gasteiger partial charge in [0.15, 0.2) is 5.96 Å². The molecule has 3 rings (SSSR count). The van der Waals surface area contributed by atoms with Crippen molar-refractivity contribution in [3.8, 4) is 0 Å². The quantitative estimate of drug-likeness (QED) is 0.356. The molecule has 25 heavy (non-hydrogen) atoms. The van der Waals surface area contributed by atoms with Crippen LogP contribution in [0.2, 0.25) is 0 Å². The summed E-state index contributed by atoms with van der Waals surface area (Å²) in [5, 5.41) is 8.14. The molecule has 1 aromatic heterocycles. The molecule has 0 unspecified atom stereocenters.